The van der Waals surface area contributed by atoms with Gasteiger partial charge in [-0.25, -0.2) is 9.78 Å². The molecule has 1 aliphatic heterocycles. The van der Waals surface area contributed by atoms with Gasteiger partial charge < -0.3 is 19.0 Å². The summed E-state index contributed by atoms with van der Waals surface area (Å²) in [4.78, 5) is 26.3. The molecule has 4 aromatic rings. The van der Waals surface area contributed by atoms with Crippen LogP contribution in [0.3, 0.4) is 0 Å². The molecule has 0 spiro atoms. The number of hydrogen-bond acceptors (Lipinski definition) is 7. The van der Waals surface area contributed by atoms with Gasteiger partial charge in [0.25, 0.3) is 0 Å². The number of aliphatic imine (C=N–C) groups is 1. The zero-order chi connectivity index (χ0) is 22.2. The number of rotatable bonds is 4. The van der Waals surface area contributed by atoms with Crippen LogP contribution in [0.15, 0.2) is 56.7 Å². The summed E-state index contributed by atoms with van der Waals surface area (Å²) >= 11 is 0. The summed E-state index contributed by atoms with van der Waals surface area (Å²) < 4.78 is 7.42. The number of para-hydroxylation sites is 1. The van der Waals surface area contributed by atoms with E-state index in [0.717, 1.165) is 49.6 Å². The molecule has 0 amide bonds. The van der Waals surface area contributed by atoms with Gasteiger partial charge in [0, 0.05) is 39.4 Å². The van der Waals surface area contributed by atoms with E-state index in [4.69, 9.17) is 9.40 Å². The first-order valence-electron chi connectivity index (χ1n) is 10.6. The van der Waals surface area contributed by atoms with Crippen LogP contribution in [0.4, 0.5) is 5.69 Å². The molecule has 0 unspecified atom stereocenters. The Balaban J connectivity index is 1.42. The van der Waals surface area contributed by atoms with E-state index in [2.05, 4.69) is 26.4 Å². The van der Waals surface area contributed by atoms with E-state index in [-0.39, 0.29) is 11.3 Å². The molecule has 8 heteroatoms. The Morgan fingerprint density at radius 3 is 2.72 bits per heavy atom. The number of hydrogen-bond donors (Lipinski definition) is 1. The number of aryl methyl sites for hydroxylation is 1. The highest BCUT2D eigenvalue weighted by molar-refractivity contribution is 5.94. The molecule has 2 aromatic carbocycles. The molecular weight excluding hydrogens is 406 g/mol. The molecule has 0 saturated carbocycles. The van der Waals surface area contributed by atoms with Crippen molar-refractivity contribution in [1.82, 2.24) is 19.4 Å². The fourth-order valence-electron chi connectivity index (χ4n) is 4.07. The number of nitrogens with zero attached hydrogens (tertiary/aromatic N) is 5. The minimum atomic E-state index is -0.627. The predicted octanol–water partition coefficient (Wildman–Crippen LogP) is 2.88. The molecule has 0 radical (unpaired) electrons. The average molecular weight is 431 g/mol. The zero-order valence-corrected chi connectivity index (χ0v) is 18.2. The van der Waals surface area contributed by atoms with Crippen molar-refractivity contribution in [3.8, 4) is 5.75 Å². The highest BCUT2D eigenvalue weighted by Crippen LogP contribution is 2.26. The van der Waals surface area contributed by atoms with Gasteiger partial charge in [0.05, 0.1) is 28.7 Å². The normalized spacial score (nSPS) is 15.9. The summed E-state index contributed by atoms with van der Waals surface area (Å²) in [6, 6.07) is 12.6. The van der Waals surface area contributed by atoms with Gasteiger partial charge in [-0.05, 0) is 37.4 Å². The molecule has 2 aromatic heterocycles. The second-order valence-electron chi connectivity index (χ2n) is 8.25. The molecule has 0 atom stereocenters. The van der Waals surface area contributed by atoms with Crippen LogP contribution in [-0.2, 0) is 13.6 Å². The van der Waals surface area contributed by atoms with Crippen molar-refractivity contribution in [2.75, 3.05) is 33.2 Å². The van der Waals surface area contributed by atoms with Crippen molar-refractivity contribution >= 4 is 33.9 Å². The maximum atomic E-state index is 12.3. The van der Waals surface area contributed by atoms with E-state index >= 15 is 0 Å². The molecule has 32 heavy (non-hydrogen) atoms. The molecule has 1 N–H and O–H groups in total. The third-order valence-electron chi connectivity index (χ3n) is 6.08. The summed E-state index contributed by atoms with van der Waals surface area (Å²) in [7, 11) is 4.18. The van der Waals surface area contributed by atoms with E-state index in [1.54, 1.807) is 24.3 Å². The minimum Gasteiger partial charge on any atom is -0.506 e. The molecule has 0 bridgehead atoms. The number of benzene rings is 2. The highest BCUT2D eigenvalue weighted by atomic mass is 16.4. The number of fused-ring (bicyclic) bond motifs is 2. The van der Waals surface area contributed by atoms with Crippen molar-refractivity contribution in [3.63, 3.8) is 0 Å². The summed E-state index contributed by atoms with van der Waals surface area (Å²) in [6.07, 6.45) is 1.35. The smallest absolute Gasteiger partial charge is 0.348 e. The summed E-state index contributed by atoms with van der Waals surface area (Å²) in [6.45, 7) is 5.01. The van der Waals surface area contributed by atoms with E-state index < -0.39 is 5.63 Å². The third-order valence-corrected chi connectivity index (χ3v) is 6.08. The first-order chi connectivity index (χ1) is 15.5. The van der Waals surface area contributed by atoms with Crippen LogP contribution in [0, 0.1) is 0 Å². The third kappa shape index (κ3) is 3.79. The molecule has 1 fully saturated rings. The van der Waals surface area contributed by atoms with Crippen LogP contribution in [0.5, 0.6) is 5.75 Å². The molecule has 3 heterocycles. The van der Waals surface area contributed by atoms with Crippen LogP contribution in [-0.4, -0.2) is 63.9 Å². The quantitative estimate of drug-likeness (QED) is 0.395. The summed E-state index contributed by atoms with van der Waals surface area (Å²) in [5, 5.41) is 11.0. The molecule has 0 aliphatic carbocycles. The second-order valence-corrected chi connectivity index (χ2v) is 8.25. The Labute approximate surface area is 185 Å². The van der Waals surface area contributed by atoms with Gasteiger partial charge in [-0.1, -0.05) is 12.1 Å². The van der Waals surface area contributed by atoms with Gasteiger partial charge in [0.15, 0.2) is 0 Å². The zero-order valence-electron chi connectivity index (χ0n) is 18.2. The maximum Gasteiger partial charge on any atom is 0.348 e. The molecule has 164 valence electrons. The maximum absolute atomic E-state index is 12.3. The van der Waals surface area contributed by atoms with Crippen LogP contribution in [0.25, 0.3) is 22.0 Å². The van der Waals surface area contributed by atoms with Crippen molar-refractivity contribution in [3.05, 3.63) is 64.3 Å². The van der Waals surface area contributed by atoms with Crippen molar-refractivity contribution in [2.45, 2.75) is 6.54 Å². The number of piperazine rings is 1. The number of aromatic hydroxyl groups is 1. The highest BCUT2D eigenvalue weighted by Gasteiger charge is 2.17. The molecule has 1 saturated heterocycles. The Morgan fingerprint density at radius 1 is 1.12 bits per heavy atom. The van der Waals surface area contributed by atoms with Crippen molar-refractivity contribution in [2.24, 2.45) is 12.0 Å². The van der Waals surface area contributed by atoms with Crippen LogP contribution in [0.1, 0.15) is 11.4 Å². The summed E-state index contributed by atoms with van der Waals surface area (Å²) in [5.41, 5.74) is 2.27. The van der Waals surface area contributed by atoms with Gasteiger partial charge in [0.2, 0.25) is 0 Å². The van der Waals surface area contributed by atoms with E-state index in [1.807, 2.05) is 25.2 Å². The average Bonchev–Trinajstić information content (AvgIpc) is 3.09. The van der Waals surface area contributed by atoms with Crippen LogP contribution >= 0.6 is 0 Å². The molecule has 1 aliphatic rings. The first-order valence-corrected chi connectivity index (χ1v) is 10.6. The van der Waals surface area contributed by atoms with E-state index in [1.165, 1.54) is 6.21 Å². The Hall–Kier alpha value is -3.49. The lowest BCUT2D eigenvalue weighted by molar-refractivity contribution is 0.144. The minimum absolute atomic E-state index is 0.0283. The van der Waals surface area contributed by atoms with Gasteiger partial charge >= 0.3 is 5.63 Å². The fourth-order valence-corrected chi connectivity index (χ4v) is 4.07. The molecular formula is C24H25N5O3. The lowest BCUT2D eigenvalue weighted by Gasteiger charge is -2.31. The predicted molar refractivity (Wildman–Crippen MR) is 125 cm³/mol. The summed E-state index contributed by atoms with van der Waals surface area (Å²) in [5.74, 6) is 0.882. The van der Waals surface area contributed by atoms with E-state index in [9.17, 15) is 9.90 Å². The van der Waals surface area contributed by atoms with Crippen molar-refractivity contribution < 1.29 is 9.52 Å². The van der Waals surface area contributed by atoms with Gasteiger partial charge in [-0.2, -0.15) is 0 Å². The Kier molecular flexibility index (Phi) is 5.24. The lowest BCUT2D eigenvalue weighted by Crippen LogP contribution is -2.44. The second kappa shape index (κ2) is 8.22. The SMILES string of the molecule is CN1CCN(Cc2nc3cc(N=Cc4c(O)c5ccccc5oc4=O)ccc3n2C)CC1. The largest absolute Gasteiger partial charge is 0.506 e. The topological polar surface area (TPSA) is 87.1 Å². The Morgan fingerprint density at radius 2 is 1.91 bits per heavy atom. The van der Waals surface area contributed by atoms with Crippen LogP contribution < -0.4 is 5.63 Å². The number of aromatic nitrogens is 2. The fraction of sp³-hybridized carbons (Fsp3) is 0.292. The van der Waals surface area contributed by atoms with Gasteiger partial charge in [0.1, 0.15) is 22.7 Å². The standard InChI is InChI=1S/C24H25N5O3/c1-27-9-11-29(12-10-27)15-22-26-19-13-16(7-8-20(19)28(22)2)25-14-18-23(30)17-5-3-4-6-21(17)32-24(18)31/h3-8,13-14,30H,9-12,15H2,1-2H3. The number of likely N-dealkylation sites (N-methyl/N-ethyl adjacent to an activating group) is 1. The van der Waals surface area contributed by atoms with Crippen molar-refractivity contribution in [1.29, 1.82) is 0 Å². The lowest BCUT2D eigenvalue weighted by atomic mass is 10.1. The van der Waals surface area contributed by atoms with Gasteiger partial charge in [-0.3, -0.25) is 9.89 Å². The molecule has 8 nitrogen and oxygen atoms in total. The monoisotopic (exact) mass is 431 g/mol. The number of imidazole rings is 1. The van der Waals surface area contributed by atoms with Gasteiger partial charge in [-0.15, -0.1) is 0 Å². The van der Waals surface area contributed by atoms with E-state index in [0.29, 0.717) is 16.7 Å². The first kappa shape index (κ1) is 20.4. The Bertz CT molecular complexity index is 1380. The molecule has 5 rings (SSSR count). The van der Waals surface area contributed by atoms with Crippen LogP contribution in [0.2, 0.25) is 0 Å².